The number of halogens is 2. The molecule has 1 aromatic rings. The van der Waals surface area contributed by atoms with Gasteiger partial charge < -0.3 is 10.1 Å². The summed E-state index contributed by atoms with van der Waals surface area (Å²) in [6.07, 6.45) is 3.30. The van der Waals surface area contributed by atoms with Crippen LogP contribution in [0.1, 0.15) is 19.3 Å². The largest absolute Gasteiger partial charge is 0.497 e. The normalized spacial score (nSPS) is 18.9. The molecule has 0 amide bonds. The fraction of sp³-hybridized carbons (Fsp3) is 0.538. The Balaban J connectivity index is 0.00000220. The van der Waals surface area contributed by atoms with Gasteiger partial charge in [-0.25, -0.2) is 13.1 Å². The monoisotopic (exact) mass is 398 g/mol. The molecule has 1 aromatic carbocycles. The third kappa shape index (κ3) is 5.10. The summed E-state index contributed by atoms with van der Waals surface area (Å²) in [5.74, 6) is 0.518. The maximum atomic E-state index is 12.3. The lowest BCUT2D eigenvalue weighted by molar-refractivity contribution is 0.398. The molecule has 120 valence electrons. The van der Waals surface area contributed by atoms with Crippen molar-refractivity contribution in [1.82, 2.24) is 10.0 Å². The first kappa shape index (κ1) is 18.7. The van der Waals surface area contributed by atoms with Crippen molar-refractivity contribution in [1.29, 1.82) is 0 Å². The van der Waals surface area contributed by atoms with Gasteiger partial charge in [0.15, 0.2) is 0 Å². The number of rotatable bonds is 5. The maximum absolute atomic E-state index is 12.3. The van der Waals surface area contributed by atoms with Crippen molar-refractivity contribution in [2.75, 3.05) is 20.2 Å². The molecular formula is C13H20BrClN2O3S. The first-order valence-electron chi connectivity index (χ1n) is 6.59. The van der Waals surface area contributed by atoms with E-state index >= 15 is 0 Å². The maximum Gasteiger partial charge on any atom is 0.241 e. The number of hydrogen-bond acceptors (Lipinski definition) is 4. The van der Waals surface area contributed by atoms with Crippen LogP contribution in [0.15, 0.2) is 27.6 Å². The van der Waals surface area contributed by atoms with Crippen LogP contribution in [0, 0.1) is 0 Å². The number of ether oxygens (including phenoxy) is 1. The van der Waals surface area contributed by atoms with E-state index in [4.69, 9.17) is 4.74 Å². The van der Waals surface area contributed by atoms with Gasteiger partial charge in [0.05, 0.1) is 12.0 Å². The molecule has 2 rings (SSSR count). The lowest BCUT2D eigenvalue weighted by atomic mass is 10.1. The summed E-state index contributed by atoms with van der Waals surface area (Å²) in [5.41, 5.74) is 0. The molecule has 8 heteroatoms. The average molecular weight is 400 g/mol. The van der Waals surface area contributed by atoms with Gasteiger partial charge in [-0.1, -0.05) is 6.42 Å². The molecule has 2 N–H and O–H groups in total. The van der Waals surface area contributed by atoms with Crippen LogP contribution in [0.2, 0.25) is 0 Å². The van der Waals surface area contributed by atoms with E-state index in [2.05, 4.69) is 26.0 Å². The predicted octanol–water partition coefficient (Wildman–Crippen LogP) is 2.30. The summed E-state index contributed by atoms with van der Waals surface area (Å²) in [6, 6.07) is 5.11. The molecule has 1 saturated heterocycles. The van der Waals surface area contributed by atoms with E-state index in [-0.39, 0.29) is 23.3 Å². The minimum atomic E-state index is -3.54. The van der Waals surface area contributed by atoms with Crippen LogP contribution >= 0.6 is 28.3 Å². The van der Waals surface area contributed by atoms with E-state index < -0.39 is 10.0 Å². The summed E-state index contributed by atoms with van der Waals surface area (Å²) in [4.78, 5) is 0.202. The van der Waals surface area contributed by atoms with Crippen molar-refractivity contribution in [3.8, 4) is 5.75 Å². The minimum absolute atomic E-state index is 0. The number of piperidine rings is 1. The zero-order valence-corrected chi connectivity index (χ0v) is 15.0. The highest BCUT2D eigenvalue weighted by molar-refractivity contribution is 9.10. The molecule has 1 aliphatic rings. The Morgan fingerprint density at radius 3 is 2.81 bits per heavy atom. The highest BCUT2D eigenvalue weighted by atomic mass is 79.9. The Bertz CT molecular complexity index is 563. The fourth-order valence-corrected chi connectivity index (χ4v) is 4.26. The second kappa shape index (κ2) is 8.33. The van der Waals surface area contributed by atoms with Crippen molar-refractivity contribution in [2.45, 2.75) is 30.2 Å². The summed E-state index contributed by atoms with van der Waals surface area (Å²) < 4.78 is 32.9. The Morgan fingerprint density at radius 2 is 2.19 bits per heavy atom. The van der Waals surface area contributed by atoms with Crippen LogP contribution in [0.3, 0.4) is 0 Å². The second-order valence-electron chi connectivity index (χ2n) is 4.80. The van der Waals surface area contributed by atoms with Crippen LogP contribution in [-0.4, -0.2) is 34.7 Å². The molecule has 1 aliphatic heterocycles. The van der Waals surface area contributed by atoms with Gasteiger partial charge in [0, 0.05) is 23.1 Å². The summed E-state index contributed by atoms with van der Waals surface area (Å²) in [5, 5.41) is 3.32. The van der Waals surface area contributed by atoms with Gasteiger partial charge in [-0.05, 0) is 47.4 Å². The first-order chi connectivity index (χ1) is 9.53. The first-order valence-corrected chi connectivity index (χ1v) is 8.87. The van der Waals surface area contributed by atoms with Crippen LogP contribution in [-0.2, 0) is 10.0 Å². The smallest absolute Gasteiger partial charge is 0.241 e. The molecule has 0 aromatic heterocycles. The Labute approximate surface area is 140 Å². The van der Waals surface area contributed by atoms with Crippen molar-refractivity contribution in [3.63, 3.8) is 0 Å². The lowest BCUT2D eigenvalue weighted by Crippen LogP contribution is -2.43. The van der Waals surface area contributed by atoms with Crippen molar-refractivity contribution in [3.05, 3.63) is 22.7 Å². The van der Waals surface area contributed by atoms with E-state index in [1.807, 2.05) is 0 Å². The van der Waals surface area contributed by atoms with Gasteiger partial charge in [-0.2, -0.15) is 0 Å². The van der Waals surface area contributed by atoms with Crippen LogP contribution in [0.5, 0.6) is 5.75 Å². The average Bonchev–Trinajstić information content (AvgIpc) is 2.47. The Hall–Kier alpha value is -0.340. The number of sulfonamides is 1. The molecule has 0 spiro atoms. The van der Waals surface area contributed by atoms with Gasteiger partial charge in [-0.15, -0.1) is 12.4 Å². The topological polar surface area (TPSA) is 67.4 Å². The number of nitrogens with one attached hydrogen (secondary N) is 2. The molecule has 5 nitrogen and oxygen atoms in total. The zero-order chi connectivity index (χ0) is 14.6. The fourth-order valence-electron chi connectivity index (χ4n) is 2.20. The number of methoxy groups -OCH3 is 1. The molecular weight excluding hydrogens is 380 g/mol. The van der Waals surface area contributed by atoms with Gasteiger partial charge in [-0.3, -0.25) is 0 Å². The van der Waals surface area contributed by atoms with Crippen LogP contribution in [0.4, 0.5) is 0 Å². The van der Waals surface area contributed by atoms with Gasteiger partial charge in [0.2, 0.25) is 10.0 Å². The van der Waals surface area contributed by atoms with Gasteiger partial charge >= 0.3 is 0 Å². The summed E-state index contributed by atoms with van der Waals surface area (Å²) in [6.45, 7) is 1.36. The quantitative estimate of drug-likeness (QED) is 0.797. The van der Waals surface area contributed by atoms with E-state index in [1.54, 1.807) is 12.1 Å². The Kier molecular flexibility index (Phi) is 7.42. The van der Waals surface area contributed by atoms with Crippen molar-refractivity contribution < 1.29 is 13.2 Å². The molecule has 0 radical (unpaired) electrons. The molecule has 1 heterocycles. The number of benzene rings is 1. The molecule has 21 heavy (non-hydrogen) atoms. The molecule has 1 atom stereocenters. The third-order valence-electron chi connectivity index (χ3n) is 3.36. The molecule has 0 aliphatic carbocycles. The van der Waals surface area contributed by atoms with E-state index in [9.17, 15) is 8.42 Å². The standard InChI is InChI=1S/C13H19BrN2O3S.ClH/c1-19-11-5-6-12(14)13(8-11)20(17,18)16-9-10-4-2-3-7-15-10;/h5-6,8,10,15-16H,2-4,7,9H2,1H3;1H. The van der Waals surface area contributed by atoms with E-state index in [1.165, 1.54) is 13.2 Å². The van der Waals surface area contributed by atoms with Crippen molar-refractivity contribution >= 4 is 38.4 Å². The van der Waals surface area contributed by atoms with Crippen LogP contribution in [0.25, 0.3) is 0 Å². The number of hydrogen-bond donors (Lipinski definition) is 2. The predicted molar refractivity (Wildman–Crippen MR) is 88.8 cm³/mol. The minimum Gasteiger partial charge on any atom is -0.497 e. The summed E-state index contributed by atoms with van der Waals surface area (Å²) >= 11 is 3.27. The van der Waals surface area contributed by atoms with Crippen LogP contribution < -0.4 is 14.8 Å². The third-order valence-corrected chi connectivity index (χ3v) is 5.78. The molecule has 1 unspecified atom stereocenters. The highest BCUT2D eigenvalue weighted by Crippen LogP contribution is 2.26. The molecule has 1 fully saturated rings. The van der Waals surface area contributed by atoms with Crippen molar-refractivity contribution in [2.24, 2.45) is 0 Å². The van der Waals surface area contributed by atoms with Gasteiger partial charge in [0.1, 0.15) is 5.75 Å². The zero-order valence-electron chi connectivity index (χ0n) is 11.8. The molecule has 0 saturated carbocycles. The van der Waals surface area contributed by atoms with E-state index in [0.717, 1.165) is 25.8 Å². The lowest BCUT2D eigenvalue weighted by Gasteiger charge is -2.23. The SMILES string of the molecule is COc1ccc(Br)c(S(=O)(=O)NCC2CCCCN2)c1.Cl. The highest BCUT2D eigenvalue weighted by Gasteiger charge is 2.21. The second-order valence-corrected chi connectivity index (χ2v) is 7.38. The van der Waals surface area contributed by atoms with Gasteiger partial charge in [0.25, 0.3) is 0 Å². The summed E-state index contributed by atoms with van der Waals surface area (Å²) in [7, 11) is -2.03. The Morgan fingerprint density at radius 1 is 1.43 bits per heavy atom. The molecule has 0 bridgehead atoms. The van der Waals surface area contributed by atoms with E-state index in [0.29, 0.717) is 16.8 Å².